The van der Waals surface area contributed by atoms with Crippen molar-refractivity contribution in [1.29, 1.82) is 0 Å². The van der Waals surface area contributed by atoms with E-state index >= 15 is 0 Å². The molecule has 0 radical (unpaired) electrons. The molecule has 0 bridgehead atoms. The molecule has 10 nitrogen and oxygen atoms in total. The number of fused-ring (bicyclic) bond motifs is 1. The van der Waals surface area contributed by atoms with Gasteiger partial charge in [0, 0.05) is 0 Å². The number of imidazole rings is 1. The highest BCUT2D eigenvalue weighted by Crippen LogP contribution is 2.38. The van der Waals surface area contributed by atoms with Crippen LogP contribution in [0.2, 0.25) is 0 Å². The molecule has 0 aliphatic carbocycles. The van der Waals surface area contributed by atoms with Gasteiger partial charge in [0.25, 0.3) is 0 Å². The Balaban J connectivity index is 1.83. The fourth-order valence-electron chi connectivity index (χ4n) is 2.76. The van der Waals surface area contributed by atoms with Crippen LogP contribution >= 0.6 is 8.03 Å². The Morgan fingerprint density at radius 1 is 1.44 bits per heavy atom. The standard InChI is InChI=1S/C14H21N5O5P/c1-2-3-4-25(22)24-11-8(5-20)23-14(10(11)21)19-7-18-9-12(15)16-6-17-13(9)19/h6-8,10-11,14,20-21H,2-5H2,1H3,(H2,15,16,17)/q+1/t8-,10?,11?,14-/m1/s1. The number of unbranched alkanes of at least 4 members (excludes halogenated alkanes) is 1. The van der Waals surface area contributed by atoms with E-state index in [-0.39, 0.29) is 12.4 Å². The zero-order valence-electron chi connectivity index (χ0n) is 13.7. The predicted octanol–water partition coefficient (Wildman–Crippen LogP) is 0.587. The molecule has 0 aromatic carbocycles. The third kappa shape index (κ3) is 3.49. The molecule has 1 aliphatic rings. The molecular formula is C14H21N5O5P+. The first-order valence-electron chi connectivity index (χ1n) is 8.05. The Labute approximate surface area is 144 Å². The third-order valence-corrected chi connectivity index (χ3v) is 5.24. The lowest BCUT2D eigenvalue weighted by Crippen LogP contribution is -2.34. The first-order chi connectivity index (χ1) is 12.1. The van der Waals surface area contributed by atoms with Crippen molar-refractivity contribution >= 4 is 25.0 Å². The normalized spacial score (nSPS) is 27.1. The highest BCUT2D eigenvalue weighted by atomic mass is 31.1. The van der Waals surface area contributed by atoms with Crippen LogP contribution in [0.4, 0.5) is 5.82 Å². The average molecular weight is 370 g/mol. The Bertz CT molecular complexity index is 756. The van der Waals surface area contributed by atoms with Crippen molar-refractivity contribution in [1.82, 2.24) is 19.5 Å². The molecular weight excluding hydrogens is 349 g/mol. The Morgan fingerprint density at radius 3 is 2.96 bits per heavy atom. The highest BCUT2D eigenvalue weighted by molar-refractivity contribution is 7.39. The minimum absolute atomic E-state index is 0.213. The van der Waals surface area contributed by atoms with Gasteiger partial charge in [0.2, 0.25) is 0 Å². The van der Waals surface area contributed by atoms with Gasteiger partial charge in [-0.25, -0.2) is 15.0 Å². The van der Waals surface area contributed by atoms with E-state index in [1.807, 2.05) is 6.92 Å². The number of aliphatic hydroxyl groups excluding tert-OH is 2. The molecule has 1 aliphatic heterocycles. The topological polar surface area (TPSA) is 146 Å². The summed E-state index contributed by atoms with van der Waals surface area (Å²) in [6.07, 6.45) is 1.01. The predicted molar refractivity (Wildman–Crippen MR) is 89.0 cm³/mol. The molecule has 3 unspecified atom stereocenters. The summed E-state index contributed by atoms with van der Waals surface area (Å²) < 4.78 is 24.7. The van der Waals surface area contributed by atoms with Gasteiger partial charge in [0.05, 0.1) is 12.9 Å². The molecule has 0 saturated carbocycles. The molecule has 1 fully saturated rings. The number of aromatic nitrogens is 4. The molecule has 25 heavy (non-hydrogen) atoms. The van der Waals surface area contributed by atoms with E-state index in [9.17, 15) is 14.8 Å². The van der Waals surface area contributed by atoms with Crippen molar-refractivity contribution in [2.75, 3.05) is 18.5 Å². The van der Waals surface area contributed by atoms with Crippen LogP contribution in [0.25, 0.3) is 11.2 Å². The summed E-state index contributed by atoms with van der Waals surface area (Å²) in [5.74, 6) is 0.213. The zero-order chi connectivity index (χ0) is 18.0. The second-order valence-corrected chi connectivity index (χ2v) is 7.12. The molecule has 4 N–H and O–H groups in total. The maximum atomic E-state index is 12.0. The lowest BCUT2D eigenvalue weighted by molar-refractivity contribution is -0.0502. The highest BCUT2D eigenvalue weighted by Gasteiger charge is 2.49. The molecule has 3 heterocycles. The molecule has 1 saturated heterocycles. The third-order valence-electron chi connectivity index (χ3n) is 4.08. The van der Waals surface area contributed by atoms with Crippen molar-refractivity contribution < 1.29 is 24.0 Å². The number of hydrogen-bond acceptors (Lipinski definition) is 9. The van der Waals surface area contributed by atoms with Crippen molar-refractivity contribution in [3.8, 4) is 0 Å². The van der Waals surface area contributed by atoms with Gasteiger partial charge in [0.15, 0.2) is 30.0 Å². The van der Waals surface area contributed by atoms with E-state index in [0.717, 1.165) is 12.8 Å². The quantitative estimate of drug-likeness (QED) is 0.596. The summed E-state index contributed by atoms with van der Waals surface area (Å²) in [6, 6.07) is 0. The van der Waals surface area contributed by atoms with Crippen LogP contribution in [0.3, 0.4) is 0 Å². The fourth-order valence-corrected chi connectivity index (χ4v) is 3.97. The van der Waals surface area contributed by atoms with Gasteiger partial charge in [0.1, 0.15) is 24.1 Å². The molecule has 2 aromatic rings. The van der Waals surface area contributed by atoms with Crippen molar-refractivity contribution in [2.24, 2.45) is 0 Å². The molecule has 3 rings (SSSR count). The van der Waals surface area contributed by atoms with E-state index in [0.29, 0.717) is 17.3 Å². The number of nitrogen functional groups attached to an aromatic ring is 1. The average Bonchev–Trinajstić information content (AvgIpc) is 3.16. The van der Waals surface area contributed by atoms with Crippen molar-refractivity contribution in [3.63, 3.8) is 0 Å². The van der Waals surface area contributed by atoms with Crippen LogP contribution in [-0.4, -0.2) is 60.8 Å². The van der Waals surface area contributed by atoms with Crippen LogP contribution in [0.1, 0.15) is 26.0 Å². The largest absolute Gasteiger partial charge is 0.508 e. The number of rotatable bonds is 7. The monoisotopic (exact) mass is 370 g/mol. The number of anilines is 1. The zero-order valence-corrected chi connectivity index (χ0v) is 14.6. The summed E-state index contributed by atoms with van der Waals surface area (Å²) >= 11 is 0. The lowest BCUT2D eigenvalue weighted by atomic mass is 10.1. The molecule has 0 spiro atoms. The van der Waals surface area contributed by atoms with Crippen LogP contribution in [-0.2, 0) is 13.8 Å². The lowest BCUT2D eigenvalue weighted by Gasteiger charge is -2.16. The first kappa shape index (κ1) is 18.1. The molecule has 2 aromatic heterocycles. The van der Waals surface area contributed by atoms with Gasteiger partial charge in [-0.1, -0.05) is 13.3 Å². The van der Waals surface area contributed by atoms with Crippen LogP contribution in [0.15, 0.2) is 12.7 Å². The Kier molecular flexibility index (Phi) is 5.55. The minimum atomic E-state index is -1.94. The van der Waals surface area contributed by atoms with Gasteiger partial charge in [-0.05, 0) is 11.0 Å². The summed E-state index contributed by atoms with van der Waals surface area (Å²) in [6.45, 7) is 1.61. The number of hydrogen-bond donors (Lipinski definition) is 3. The SMILES string of the molecule is CCCC[P+](=O)OC1C(O)[C@H](n2cnc3c(N)ncnc32)O[C@@H]1CO. The number of nitrogens with zero attached hydrogens (tertiary/aromatic N) is 4. The maximum Gasteiger partial charge on any atom is 0.508 e. The Hall–Kier alpha value is -1.71. The number of aliphatic hydroxyl groups is 2. The van der Waals surface area contributed by atoms with Crippen molar-refractivity contribution in [3.05, 3.63) is 12.7 Å². The van der Waals surface area contributed by atoms with Gasteiger partial charge in [-0.2, -0.15) is 0 Å². The summed E-state index contributed by atoms with van der Waals surface area (Å²) in [4.78, 5) is 12.1. The van der Waals surface area contributed by atoms with E-state index < -0.39 is 32.6 Å². The summed E-state index contributed by atoms with van der Waals surface area (Å²) in [7, 11) is -1.94. The molecule has 11 heteroatoms. The van der Waals surface area contributed by atoms with E-state index in [1.165, 1.54) is 17.2 Å². The van der Waals surface area contributed by atoms with Gasteiger partial charge >= 0.3 is 8.03 Å². The summed E-state index contributed by atoms with van der Waals surface area (Å²) in [5, 5.41) is 20.1. The second kappa shape index (κ2) is 7.67. The van der Waals surface area contributed by atoms with E-state index in [1.54, 1.807) is 0 Å². The number of nitrogens with two attached hydrogens (primary N) is 1. The molecule has 136 valence electrons. The van der Waals surface area contributed by atoms with Gasteiger partial charge in [-0.3, -0.25) is 4.57 Å². The summed E-state index contributed by atoms with van der Waals surface area (Å²) in [5.41, 5.74) is 6.54. The van der Waals surface area contributed by atoms with Crippen LogP contribution in [0.5, 0.6) is 0 Å². The second-order valence-electron chi connectivity index (χ2n) is 5.80. The van der Waals surface area contributed by atoms with Gasteiger partial charge < -0.3 is 20.7 Å². The van der Waals surface area contributed by atoms with Crippen LogP contribution < -0.4 is 5.73 Å². The first-order valence-corrected chi connectivity index (χ1v) is 9.42. The molecule has 0 amide bonds. The molecule has 5 atom stereocenters. The fraction of sp³-hybridized carbons (Fsp3) is 0.643. The maximum absolute atomic E-state index is 12.0. The minimum Gasteiger partial charge on any atom is -0.394 e. The van der Waals surface area contributed by atoms with E-state index in [4.69, 9.17) is 15.0 Å². The number of ether oxygens (including phenoxy) is 1. The Morgan fingerprint density at radius 2 is 2.24 bits per heavy atom. The van der Waals surface area contributed by atoms with Crippen molar-refractivity contribution in [2.45, 2.75) is 44.3 Å². The smallest absolute Gasteiger partial charge is 0.394 e. The van der Waals surface area contributed by atoms with E-state index in [2.05, 4.69) is 15.0 Å². The van der Waals surface area contributed by atoms with Crippen LogP contribution in [0, 0.1) is 0 Å². The van der Waals surface area contributed by atoms with Gasteiger partial charge in [-0.15, -0.1) is 4.52 Å².